The summed E-state index contributed by atoms with van der Waals surface area (Å²) < 4.78 is 1.28. The molecule has 1 N–H and O–H groups in total. The average Bonchev–Trinajstić information content (AvgIpc) is 2.59. The van der Waals surface area contributed by atoms with Crippen molar-refractivity contribution in [3.05, 3.63) is 75.5 Å². The minimum atomic E-state index is 0.691. The quantitative estimate of drug-likeness (QED) is 0.438. The van der Waals surface area contributed by atoms with E-state index in [4.69, 9.17) is 0 Å². The van der Waals surface area contributed by atoms with E-state index in [1.165, 1.54) is 14.7 Å². The van der Waals surface area contributed by atoms with Crippen LogP contribution in [0.1, 0.15) is 17.5 Å². The third-order valence-corrected chi connectivity index (χ3v) is 4.45. The number of rotatable bonds is 6. The third kappa shape index (κ3) is 4.77. The number of aromatic nitrogens is 2. The van der Waals surface area contributed by atoms with Gasteiger partial charge in [-0.05, 0) is 72.2 Å². The zero-order valence-electron chi connectivity index (χ0n) is 13.7. The van der Waals surface area contributed by atoms with Crippen LogP contribution in [0.2, 0.25) is 0 Å². The first-order valence-corrected chi connectivity index (χ1v) is 9.17. The van der Waals surface area contributed by atoms with E-state index in [1.807, 2.05) is 12.3 Å². The molecule has 0 amide bonds. The lowest BCUT2D eigenvalue weighted by Gasteiger charge is -2.07. The number of hydrogen-bond donors (Lipinski definition) is 1. The first-order chi connectivity index (χ1) is 11.7. The van der Waals surface area contributed by atoms with Crippen LogP contribution in [0.3, 0.4) is 0 Å². The van der Waals surface area contributed by atoms with Gasteiger partial charge in [0.2, 0.25) is 5.95 Å². The molecule has 0 atom stereocenters. The Balaban J connectivity index is 1.57. The van der Waals surface area contributed by atoms with E-state index in [2.05, 4.69) is 93.3 Å². The number of nitrogens with one attached hydrogen (secondary N) is 1. The Kier molecular flexibility index (Phi) is 5.80. The third-order valence-electron chi connectivity index (χ3n) is 3.78. The van der Waals surface area contributed by atoms with Gasteiger partial charge in [-0.15, -0.1) is 0 Å². The summed E-state index contributed by atoms with van der Waals surface area (Å²) in [6.45, 7) is 2.96. The molecule has 4 heteroatoms. The van der Waals surface area contributed by atoms with Gasteiger partial charge in [0.05, 0.1) is 5.69 Å². The average molecular weight is 429 g/mol. The summed E-state index contributed by atoms with van der Waals surface area (Å²) >= 11 is 2.35. The van der Waals surface area contributed by atoms with Gasteiger partial charge in [-0.1, -0.05) is 35.9 Å². The lowest BCUT2D eigenvalue weighted by atomic mass is 10.1. The second-order valence-corrected chi connectivity index (χ2v) is 7.04. The summed E-state index contributed by atoms with van der Waals surface area (Å²) in [4.78, 5) is 8.94. The van der Waals surface area contributed by atoms with Crippen LogP contribution in [0, 0.1) is 10.5 Å². The topological polar surface area (TPSA) is 37.8 Å². The first-order valence-electron chi connectivity index (χ1n) is 8.09. The maximum Gasteiger partial charge on any atom is 0.223 e. The van der Waals surface area contributed by atoms with Gasteiger partial charge in [-0.3, -0.25) is 0 Å². The Morgan fingerprint density at radius 3 is 2.75 bits per heavy atom. The van der Waals surface area contributed by atoms with E-state index in [0.717, 1.165) is 30.6 Å². The van der Waals surface area contributed by atoms with Crippen LogP contribution >= 0.6 is 22.6 Å². The molecule has 0 spiro atoms. The molecule has 0 unspecified atom stereocenters. The molecule has 1 aromatic heterocycles. The summed E-state index contributed by atoms with van der Waals surface area (Å²) in [5.74, 6) is 0.691. The van der Waals surface area contributed by atoms with Crippen molar-refractivity contribution < 1.29 is 0 Å². The van der Waals surface area contributed by atoms with E-state index in [-0.39, 0.29) is 0 Å². The molecule has 0 saturated carbocycles. The molecule has 0 aliphatic heterocycles. The fraction of sp³-hybridized carbons (Fsp3) is 0.200. The maximum absolute atomic E-state index is 4.62. The highest BCUT2D eigenvalue weighted by Crippen LogP contribution is 2.18. The van der Waals surface area contributed by atoms with E-state index in [1.54, 1.807) is 0 Å². The minimum absolute atomic E-state index is 0.691. The minimum Gasteiger partial charge on any atom is -0.354 e. The second-order valence-electron chi connectivity index (χ2n) is 5.80. The molecule has 0 saturated heterocycles. The van der Waals surface area contributed by atoms with Crippen LogP contribution < -0.4 is 5.32 Å². The molecular weight excluding hydrogens is 409 g/mol. The number of nitrogens with zero attached hydrogens (tertiary/aromatic N) is 2. The van der Waals surface area contributed by atoms with Gasteiger partial charge in [0.1, 0.15) is 0 Å². The van der Waals surface area contributed by atoms with Gasteiger partial charge in [-0.25, -0.2) is 9.97 Å². The number of aryl methyl sites for hydroxylation is 2. The van der Waals surface area contributed by atoms with Crippen molar-refractivity contribution in [2.45, 2.75) is 19.8 Å². The van der Waals surface area contributed by atoms with Gasteiger partial charge in [0, 0.05) is 21.9 Å². The zero-order chi connectivity index (χ0) is 16.8. The van der Waals surface area contributed by atoms with Crippen LogP contribution in [-0.2, 0) is 6.42 Å². The monoisotopic (exact) mass is 429 g/mol. The van der Waals surface area contributed by atoms with Gasteiger partial charge >= 0.3 is 0 Å². The number of benzene rings is 2. The van der Waals surface area contributed by atoms with E-state index >= 15 is 0 Å². The van der Waals surface area contributed by atoms with Crippen molar-refractivity contribution in [1.29, 1.82) is 0 Å². The molecule has 0 radical (unpaired) electrons. The van der Waals surface area contributed by atoms with Crippen molar-refractivity contribution in [2.24, 2.45) is 0 Å². The van der Waals surface area contributed by atoms with Crippen molar-refractivity contribution in [3.8, 4) is 11.3 Å². The molecule has 122 valence electrons. The highest BCUT2D eigenvalue weighted by atomic mass is 127. The van der Waals surface area contributed by atoms with Crippen LogP contribution in [0.4, 0.5) is 5.95 Å². The summed E-state index contributed by atoms with van der Waals surface area (Å²) in [7, 11) is 0. The Bertz CT molecular complexity index is 817. The maximum atomic E-state index is 4.62. The largest absolute Gasteiger partial charge is 0.354 e. The lowest BCUT2D eigenvalue weighted by molar-refractivity contribution is 0.852. The molecule has 3 nitrogen and oxygen atoms in total. The molecular formula is C20H20IN3. The molecule has 1 heterocycles. The normalized spacial score (nSPS) is 10.6. The van der Waals surface area contributed by atoms with E-state index in [0.29, 0.717) is 5.95 Å². The van der Waals surface area contributed by atoms with Gasteiger partial charge < -0.3 is 5.32 Å². The Morgan fingerprint density at radius 1 is 1.04 bits per heavy atom. The van der Waals surface area contributed by atoms with Gasteiger partial charge in [0.15, 0.2) is 0 Å². The highest BCUT2D eigenvalue weighted by molar-refractivity contribution is 14.1. The van der Waals surface area contributed by atoms with Crippen LogP contribution in [0.15, 0.2) is 60.8 Å². The molecule has 0 fully saturated rings. The smallest absolute Gasteiger partial charge is 0.223 e. The summed E-state index contributed by atoms with van der Waals surface area (Å²) in [6.07, 6.45) is 3.92. The molecule has 0 aliphatic rings. The van der Waals surface area contributed by atoms with Crippen molar-refractivity contribution >= 4 is 28.5 Å². The lowest BCUT2D eigenvalue weighted by Crippen LogP contribution is -2.06. The molecule has 24 heavy (non-hydrogen) atoms. The SMILES string of the molecule is Cc1cccc(-c2ccnc(NCCCc3cccc(I)c3)n2)c1. The fourth-order valence-corrected chi connectivity index (χ4v) is 3.20. The highest BCUT2D eigenvalue weighted by Gasteiger charge is 2.02. The second kappa shape index (κ2) is 8.24. The molecule has 3 aromatic rings. The van der Waals surface area contributed by atoms with E-state index < -0.39 is 0 Å². The van der Waals surface area contributed by atoms with E-state index in [9.17, 15) is 0 Å². The summed E-state index contributed by atoms with van der Waals surface area (Å²) in [6, 6.07) is 19.0. The predicted octanol–water partition coefficient (Wildman–Crippen LogP) is 5.10. The van der Waals surface area contributed by atoms with Crippen molar-refractivity contribution in [1.82, 2.24) is 9.97 Å². The number of hydrogen-bond acceptors (Lipinski definition) is 3. The van der Waals surface area contributed by atoms with Crippen molar-refractivity contribution in [2.75, 3.05) is 11.9 Å². The number of halogens is 1. The van der Waals surface area contributed by atoms with Gasteiger partial charge in [-0.2, -0.15) is 0 Å². The Labute approximate surface area is 156 Å². The molecule has 0 aliphatic carbocycles. The summed E-state index contributed by atoms with van der Waals surface area (Å²) in [5.41, 5.74) is 4.68. The van der Waals surface area contributed by atoms with Gasteiger partial charge in [0.25, 0.3) is 0 Å². The standard InChI is InChI=1S/C20H20IN3/c1-15-5-2-8-17(13-15)19-10-12-23-20(24-19)22-11-4-7-16-6-3-9-18(21)14-16/h2-3,5-6,8-10,12-14H,4,7,11H2,1H3,(H,22,23,24). The van der Waals surface area contributed by atoms with Crippen LogP contribution in [0.25, 0.3) is 11.3 Å². The molecule has 2 aromatic carbocycles. The first kappa shape index (κ1) is 16.9. The fourth-order valence-electron chi connectivity index (χ4n) is 2.59. The molecule has 3 rings (SSSR count). The molecule has 0 bridgehead atoms. The summed E-state index contributed by atoms with van der Waals surface area (Å²) in [5, 5.41) is 3.33. The van der Waals surface area contributed by atoms with Crippen LogP contribution in [0.5, 0.6) is 0 Å². The Morgan fingerprint density at radius 2 is 1.92 bits per heavy atom. The predicted molar refractivity (Wildman–Crippen MR) is 108 cm³/mol. The van der Waals surface area contributed by atoms with Crippen LogP contribution in [-0.4, -0.2) is 16.5 Å². The van der Waals surface area contributed by atoms with Crippen molar-refractivity contribution in [3.63, 3.8) is 0 Å². The zero-order valence-corrected chi connectivity index (χ0v) is 15.8. The number of anilines is 1. The Hall–Kier alpha value is -1.95.